The number of nitrogens with zero attached hydrogens (tertiary/aromatic N) is 4. The lowest BCUT2D eigenvalue weighted by Crippen LogP contribution is -2.21. The van der Waals surface area contributed by atoms with Crippen LogP contribution in [-0.2, 0) is 21.4 Å². The molecular formula is C30H27FN8O3S. The Balaban J connectivity index is 1.37. The second kappa shape index (κ2) is 11.3. The molecule has 0 saturated heterocycles. The second-order valence-corrected chi connectivity index (χ2v) is 12.1. The molecule has 0 saturated carbocycles. The van der Waals surface area contributed by atoms with E-state index < -0.39 is 15.8 Å². The standard InChI is InChI=1S/C30H27FN8O3S/c1-3-4-29(40)36-21-8-19(12-32-13-21)25-10-23-28(16-34-25)38-39-30(23)26-9-22-24(14-33-15-27(22)37-26)18-5-17(6-20(31)7-18)11-35-43(2,41)42/h5-10,12-16,35,37H,3-4,11H2,1-2H3,(H,36,40)(H,38,39). The van der Waals surface area contributed by atoms with Gasteiger partial charge in [-0.3, -0.25) is 24.8 Å². The third-order valence-corrected chi connectivity index (χ3v) is 7.52. The molecule has 1 amide bonds. The Labute approximate surface area is 246 Å². The van der Waals surface area contributed by atoms with Crippen LogP contribution in [0.15, 0.2) is 67.4 Å². The SMILES string of the molecule is CCCC(=O)Nc1cncc(-c2cc3c(-c4cc5c(-c6cc(F)cc(CNS(C)(=O)=O)c6)cncc5[nH]4)n[nH]c3cn2)c1. The fourth-order valence-electron chi connectivity index (χ4n) is 4.91. The molecule has 0 radical (unpaired) electrons. The van der Waals surface area contributed by atoms with Gasteiger partial charge in [0, 0.05) is 47.3 Å². The summed E-state index contributed by atoms with van der Waals surface area (Å²) in [5.74, 6) is -0.563. The number of carbonyl (C=O) groups is 1. The molecule has 1 aromatic carbocycles. The number of hydrogen-bond acceptors (Lipinski definition) is 7. The Morgan fingerprint density at radius 3 is 2.58 bits per heavy atom. The lowest BCUT2D eigenvalue weighted by Gasteiger charge is -2.08. The molecule has 11 nitrogen and oxygen atoms in total. The number of hydrogen-bond donors (Lipinski definition) is 4. The molecule has 4 N–H and O–H groups in total. The number of H-pyrrole nitrogens is 2. The van der Waals surface area contributed by atoms with Crippen molar-refractivity contribution in [3.05, 3.63) is 78.8 Å². The summed E-state index contributed by atoms with van der Waals surface area (Å²) >= 11 is 0. The normalized spacial score (nSPS) is 11.8. The molecule has 13 heteroatoms. The Kier molecular flexibility index (Phi) is 7.42. The number of amides is 1. The first-order chi connectivity index (χ1) is 20.7. The molecule has 218 valence electrons. The lowest BCUT2D eigenvalue weighted by atomic mass is 10.0. The largest absolute Gasteiger partial charge is 0.352 e. The van der Waals surface area contributed by atoms with E-state index >= 15 is 0 Å². The van der Waals surface area contributed by atoms with Gasteiger partial charge in [0.25, 0.3) is 0 Å². The molecule has 5 aromatic heterocycles. The minimum absolute atomic E-state index is 0.0372. The highest BCUT2D eigenvalue weighted by Gasteiger charge is 2.16. The number of sulfonamides is 1. The zero-order valence-electron chi connectivity index (χ0n) is 23.3. The highest BCUT2D eigenvalue weighted by atomic mass is 32.2. The molecule has 0 atom stereocenters. The molecule has 6 aromatic rings. The molecule has 0 aliphatic heterocycles. The maximum absolute atomic E-state index is 14.6. The van der Waals surface area contributed by atoms with E-state index in [2.05, 4.69) is 40.2 Å². The fraction of sp³-hybridized carbons (Fsp3) is 0.167. The Hall–Kier alpha value is -5.01. The van der Waals surface area contributed by atoms with Gasteiger partial charge in [-0.05, 0) is 53.9 Å². The van der Waals surface area contributed by atoms with Crippen molar-refractivity contribution in [1.29, 1.82) is 0 Å². The van der Waals surface area contributed by atoms with Crippen LogP contribution in [0.1, 0.15) is 25.3 Å². The maximum atomic E-state index is 14.6. The third-order valence-electron chi connectivity index (χ3n) is 6.85. The number of aromatic nitrogens is 6. The van der Waals surface area contributed by atoms with E-state index in [1.807, 2.05) is 25.1 Å². The van der Waals surface area contributed by atoms with E-state index in [1.165, 1.54) is 12.1 Å². The molecule has 0 bridgehead atoms. The van der Waals surface area contributed by atoms with Crippen molar-refractivity contribution in [3.8, 4) is 33.8 Å². The summed E-state index contributed by atoms with van der Waals surface area (Å²) < 4.78 is 40.1. The van der Waals surface area contributed by atoms with E-state index in [9.17, 15) is 17.6 Å². The molecule has 0 fully saturated rings. The van der Waals surface area contributed by atoms with Gasteiger partial charge in [-0.1, -0.05) is 6.92 Å². The number of fused-ring (bicyclic) bond motifs is 2. The summed E-state index contributed by atoms with van der Waals surface area (Å²) in [5, 5.41) is 12.0. The van der Waals surface area contributed by atoms with Crippen LogP contribution in [-0.4, -0.2) is 50.7 Å². The number of aromatic amines is 2. The number of carbonyl (C=O) groups excluding carboxylic acids is 1. The van der Waals surface area contributed by atoms with E-state index in [1.54, 1.807) is 37.1 Å². The van der Waals surface area contributed by atoms with Crippen LogP contribution in [0.25, 0.3) is 55.6 Å². The predicted molar refractivity (Wildman–Crippen MR) is 163 cm³/mol. The Morgan fingerprint density at radius 2 is 1.77 bits per heavy atom. The molecule has 0 aliphatic carbocycles. The van der Waals surface area contributed by atoms with Crippen molar-refractivity contribution in [3.63, 3.8) is 0 Å². The van der Waals surface area contributed by atoms with Crippen LogP contribution in [0.3, 0.4) is 0 Å². The highest BCUT2D eigenvalue weighted by Crippen LogP contribution is 2.35. The smallest absolute Gasteiger partial charge is 0.224 e. The van der Waals surface area contributed by atoms with Crippen molar-refractivity contribution >= 4 is 43.4 Å². The van der Waals surface area contributed by atoms with Gasteiger partial charge in [-0.2, -0.15) is 5.10 Å². The van der Waals surface area contributed by atoms with Gasteiger partial charge in [0.05, 0.1) is 53.0 Å². The van der Waals surface area contributed by atoms with Gasteiger partial charge in [0.15, 0.2) is 0 Å². The van der Waals surface area contributed by atoms with Crippen molar-refractivity contribution in [1.82, 2.24) is 34.9 Å². The lowest BCUT2D eigenvalue weighted by molar-refractivity contribution is -0.116. The first-order valence-corrected chi connectivity index (χ1v) is 15.4. The minimum Gasteiger partial charge on any atom is -0.352 e. The third kappa shape index (κ3) is 6.12. The van der Waals surface area contributed by atoms with Crippen molar-refractivity contribution in [2.24, 2.45) is 0 Å². The van der Waals surface area contributed by atoms with Crippen LogP contribution in [0, 0.1) is 5.82 Å². The number of anilines is 1. The summed E-state index contributed by atoms with van der Waals surface area (Å²) in [4.78, 5) is 28.6. The van der Waals surface area contributed by atoms with Gasteiger partial charge in [0.2, 0.25) is 15.9 Å². The first-order valence-electron chi connectivity index (χ1n) is 13.5. The molecule has 0 aliphatic rings. The molecular weight excluding hydrogens is 571 g/mol. The zero-order valence-corrected chi connectivity index (χ0v) is 24.1. The van der Waals surface area contributed by atoms with Crippen LogP contribution < -0.4 is 10.0 Å². The van der Waals surface area contributed by atoms with E-state index in [4.69, 9.17) is 0 Å². The summed E-state index contributed by atoms with van der Waals surface area (Å²) in [5.41, 5.74) is 6.51. The topological polar surface area (TPSA) is 158 Å². The van der Waals surface area contributed by atoms with Crippen LogP contribution >= 0.6 is 0 Å². The van der Waals surface area contributed by atoms with E-state index in [0.29, 0.717) is 45.9 Å². The fourth-order valence-corrected chi connectivity index (χ4v) is 5.34. The molecule has 5 heterocycles. The molecule has 43 heavy (non-hydrogen) atoms. The quantitative estimate of drug-likeness (QED) is 0.179. The Bertz CT molecular complexity index is 2110. The average Bonchev–Trinajstić information content (AvgIpc) is 3.59. The van der Waals surface area contributed by atoms with Crippen molar-refractivity contribution < 1.29 is 17.6 Å². The number of rotatable bonds is 9. The van der Waals surface area contributed by atoms with Crippen LogP contribution in [0.5, 0.6) is 0 Å². The average molecular weight is 599 g/mol. The summed E-state index contributed by atoms with van der Waals surface area (Å²) in [6.07, 6.45) is 10.5. The molecule has 6 rings (SSSR count). The maximum Gasteiger partial charge on any atom is 0.224 e. The summed E-state index contributed by atoms with van der Waals surface area (Å²) in [6, 6.07) is 10.1. The first kappa shape index (κ1) is 28.1. The monoisotopic (exact) mass is 598 g/mol. The summed E-state index contributed by atoms with van der Waals surface area (Å²) in [6.45, 7) is 1.91. The number of pyridine rings is 3. The van der Waals surface area contributed by atoms with Gasteiger partial charge in [0.1, 0.15) is 11.5 Å². The van der Waals surface area contributed by atoms with Crippen LogP contribution in [0.4, 0.5) is 10.1 Å². The van der Waals surface area contributed by atoms with Crippen LogP contribution in [0.2, 0.25) is 0 Å². The van der Waals surface area contributed by atoms with E-state index in [0.717, 1.165) is 40.0 Å². The van der Waals surface area contributed by atoms with Crippen molar-refractivity contribution in [2.75, 3.05) is 11.6 Å². The second-order valence-electron chi connectivity index (χ2n) is 10.2. The van der Waals surface area contributed by atoms with Gasteiger partial charge in [-0.25, -0.2) is 17.5 Å². The number of nitrogens with one attached hydrogen (secondary N) is 4. The Morgan fingerprint density at radius 1 is 0.930 bits per heavy atom. The van der Waals surface area contributed by atoms with Gasteiger partial charge >= 0.3 is 0 Å². The predicted octanol–water partition coefficient (Wildman–Crippen LogP) is 5.16. The number of benzene rings is 1. The number of halogens is 1. The molecule has 0 unspecified atom stereocenters. The van der Waals surface area contributed by atoms with Crippen molar-refractivity contribution in [2.45, 2.75) is 26.3 Å². The van der Waals surface area contributed by atoms with Gasteiger partial charge in [-0.15, -0.1) is 0 Å². The van der Waals surface area contributed by atoms with Gasteiger partial charge < -0.3 is 10.3 Å². The minimum atomic E-state index is -3.44. The highest BCUT2D eigenvalue weighted by molar-refractivity contribution is 7.88. The zero-order chi connectivity index (χ0) is 30.1. The summed E-state index contributed by atoms with van der Waals surface area (Å²) in [7, 11) is -3.44. The van der Waals surface area contributed by atoms with E-state index in [-0.39, 0.29) is 12.5 Å². The molecule has 0 spiro atoms.